The highest BCUT2D eigenvalue weighted by Gasteiger charge is 2.31. The van der Waals surface area contributed by atoms with Gasteiger partial charge in [-0.1, -0.05) is 17.7 Å². The van der Waals surface area contributed by atoms with Crippen LogP contribution in [0.4, 0.5) is 5.69 Å². The molecule has 4 nitrogen and oxygen atoms in total. The highest BCUT2D eigenvalue weighted by molar-refractivity contribution is 6.29. The van der Waals surface area contributed by atoms with E-state index in [-0.39, 0.29) is 5.91 Å². The molecule has 1 aromatic carbocycles. The standard InChI is InChI=1S/C15H13ClN2O2/c1-9-3-5-13(20-2)12(7-9)18-8-11-10(15(18)19)4-6-14(16)17-11/h3-7H,8H2,1-2H3. The average Bonchev–Trinajstić information content (AvgIpc) is 2.75. The summed E-state index contributed by atoms with van der Waals surface area (Å²) in [4.78, 5) is 18.4. The normalized spacial score (nSPS) is 13.6. The van der Waals surface area contributed by atoms with Crippen molar-refractivity contribution in [2.75, 3.05) is 12.0 Å². The zero-order chi connectivity index (χ0) is 14.3. The third-order valence-electron chi connectivity index (χ3n) is 3.35. The van der Waals surface area contributed by atoms with Crippen LogP contribution in [-0.4, -0.2) is 18.0 Å². The highest BCUT2D eigenvalue weighted by atomic mass is 35.5. The highest BCUT2D eigenvalue weighted by Crippen LogP contribution is 2.35. The van der Waals surface area contributed by atoms with E-state index in [1.165, 1.54) is 0 Å². The van der Waals surface area contributed by atoms with Crippen molar-refractivity contribution in [3.8, 4) is 5.75 Å². The molecule has 0 atom stereocenters. The second kappa shape index (κ2) is 4.80. The van der Waals surface area contributed by atoms with Crippen LogP contribution >= 0.6 is 11.6 Å². The van der Waals surface area contributed by atoms with E-state index in [1.807, 2.05) is 25.1 Å². The van der Waals surface area contributed by atoms with Gasteiger partial charge in [-0.2, -0.15) is 0 Å². The smallest absolute Gasteiger partial charge is 0.260 e. The zero-order valence-corrected chi connectivity index (χ0v) is 11.9. The fraction of sp³-hybridized carbons (Fsp3) is 0.200. The van der Waals surface area contributed by atoms with Crippen LogP contribution in [0.5, 0.6) is 5.75 Å². The van der Waals surface area contributed by atoms with Crippen molar-refractivity contribution in [2.45, 2.75) is 13.5 Å². The second-order valence-electron chi connectivity index (χ2n) is 4.69. The molecule has 2 heterocycles. The van der Waals surface area contributed by atoms with Gasteiger partial charge in [0.1, 0.15) is 10.9 Å². The van der Waals surface area contributed by atoms with Gasteiger partial charge in [0.2, 0.25) is 0 Å². The number of pyridine rings is 1. The maximum atomic E-state index is 12.5. The molecule has 0 bridgehead atoms. The quantitative estimate of drug-likeness (QED) is 0.797. The number of halogens is 1. The Balaban J connectivity index is 2.06. The first-order valence-electron chi connectivity index (χ1n) is 6.22. The molecule has 0 aliphatic carbocycles. The predicted octanol–water partition coefficient (Wildman–Crippen LogP) is 3.21. The van der Waals surface area contributed by atoms with Gasteiger partial charge in [-0.3, -0.25) is 9.69 Å². The van der Waals surface area contributed by atoms with E-state index in [1.54, 1.807) is 24.1 Å². The molecular formula is C15H13ClN2O2. The van der Waals surface area contributed by atoms with Gasteiger partial charge in [0, 0.05) is 0 Å². The molecule has 0 radical (unpaired) electrons. The number of amides is 1. The van der Waals surface area contributed by atoms with E-state index >= 15 is 0 Å². The van der Waals surface area contributed by atoms with E-state index in [0.717, 1.165) is 11.3 Å². The Hall–Kier alpha value is -2.07. The fourth-order valence-electron chi connectivity index (χ4n) is 2.36. The van der Waals surface area contributed by atoms with Crippen LogP contribution < -0.4 is 9.64 Å². The monoisotopic (exact) mass is 288 g/mol. The van der Waals surface area contributed by atoms with Crippen molar-refractivity contribution in [3.63, 3.8) is 0 Å². The maximum absolute atomic E-state index is 12.5. The molecule has 1 aromatic heterocycles. The lowest BCUT2D eigenvalue weighted by Gasteiger charge is -2.19. The Bertz CT molecular complexity index is 700. The summed E-state index contributed by atoms with van der Waals surface area (Å²) in [6, 6.07) is 9.10. The number of hydrogen-bond acceptors (Lipinski definition) is 3. The van der Waals surface area contributed by atoms with E-state index in [0.29, 0.717) is 28.7 Å². The lowest BCUT2D eigenvalue weighted by molar-refractivity contribution is 0.0996. The van der Waals surface area contributed by atoms with Crippen molar-refractivity contribution in [1.82, 2.24) is 4.98 Å². The number of carbonyl (C=O) groups excluding carboxylic acids is 1. The molecule has 0 saturated carbocycles. The predicted molar refractivity (Wildman–Crippen MR) is 77.5 cm³/mol. The Morgan fingerprint density at radius 3 is 2.85 bits per heavy atom. The average molecular weight is 289 g/mol. The number of aromatic nitrogens is 1. The first kappa shape index (κ1) is 12.9. The molecule has 20 heavy (non-hydrogen) atoms. The number of ether oxygens (including phenoxy) is 1. The molecule has 0 saturated heterocycles. The molecule has 0 unspecified atom stereocenters. The van der Waals surface area contributed by atoms with Crippen LogP contribution in [0.3, 0.4) is 0 Å². The number of carbonyl (C=O) groups is 1. The van der Waals surface area contributed by atoms with Gasteiger partial charge in [0.05, 0.1) is 30.6 Å². The molecular weight excluding hydrogens is 276 g/mol. The van der Waals surface area contributed by atoms with E-state index < -0.39 is 0 Å². The van der Waals surface area contributed by atoms with Gasteiger partial charge < -0.3 is 4.74 Å². The second-order valence-corrected chi connectivity index (χ2v) is 5.08. The Labute approximate surface area is 122 Å². The summed E-state index contributed by atoms with van der Waals surface area (Å²) < 4.78 is 5.34. The molecule has 102 valence electrons. The number of fused-ring (bicyclic) bond motifs is 1. The first-order chi connectivity index (χ1) is 9.60. The Morgan fingerprint density at radius 1 is 1.30 bits per heavy atom. The summed E-state index contributed by atoms with van der Waals surface area (Å²) in [6.45, 7) is 2.39. The summed E-state index contributed by atoms with van der Waals surface area (Å²) in [5, 5.41) is 0.398. The SMILES string of the molecule is COc1ccc(C)cc1N1Cc2nc(Cl)ccc2C1=O. The molecule has 1 aliphatic rings. The van der Waals surface area contributed by atoms with Crippen molar-refractivity contribution in [1.29, 1.82) is 0 Å². The maximum Gasteiger partial charge on any atom is 0.260 e. The molecule has 1 aliphatic heterocycles. The summed E-state index contributed by atoms with van der Waals surface area (Å²) in [5.41, 5.74) is 3.12. The van der Waals surface area contributed by atoms with Crippen LogP contribution in [0.15, 0.2) is 30.3 Å². The van der Waals surface area contributed by atoms with Crippen molar-refractivity contribution < 1.29 is 9.53 Å². The topological polar surface area (TPSA) is 42.4 Å². The van der Waals surface area contributed by atoms with Crippen LogP contribution in [0, 0.1) is 6.92 Å². The number of hydrogen-bond donors (Lipinski definition) is 0. The summed E-state index contributed by atoms with van der Waals surface area (Å²) in [5.74, 6) is 0.593. The lowest BCUT2D eigenvalue weighted by Crippen LogP contribution is -2.23. The van der Waals surface area contributed by atoms with Crippen LogP contribution in [0.1, 0.15) is 21.6 Å². The van der Waals surface area contributed by atoms with Gasteiger partial charge in [0.15, 0.2) is 0 Å². The van der Waals surface area contributed by atoms with Gasteiger partial charge in [-0.05, 0) is 36.8 Å². The van der Waals surface area contributed by atoms with Crippen molar-refractivity contribution >= 4 is 23.2 Å². The Morgan fingerprint density at radius 2 is 2.10 bits per heavy atom. The molecule has 1 amide bonds. The third-order valence-corrected chi connectivity index (χ3v) is 3.56. The summed E-state index contributed by atoms with van der Waals surface area (Å²) >= 11 is 5.88. The molecule has 5 heteroatoms. The number of nitrogens with zero attached hydrogens (tertiary/aromatic N) is 2. The van der Waals surface area contributed by atoms with Crippen LogP contribution in [0.25, 0.3) is 0 Å². The number of aryl methyl sites for hydroxylation is 1. The molecule has 0 spiro atoms. The van der Waals surface area contributed by atoms with Gasteiger partial charge >= 0.3 is 0 Å². The third kappa shape index (κ3) is 2.02. The largest absolute Gasteiger partial charge is 0.495 e. The van der Waals surface area contributed by atoms with E-state index in [4.69, 9.17) is 16.3 Å². The zero-order valence-electron chi connectivity index (χ0n) is 11.2. The van der Waals surface area contributed by atoms with Gasteiger partial charge in [0.25, 0.3) is 5.91 Å². The minimum absolute atomic E-state index is 0.0759. The van der Waals surface area contributed by atoms with Crippen LogP contribution in [-0.2, 0) is 6.54 Å². The number of anilines is 1. The lowest BCUT2D eigenvalue weighted by atomic mass is 10.2. The Kier molecular flexibility index (Phi) is 3.10. The minimum atomic E-state index is -0.0759. The number of benzene rings is 1. The fourth-order valence-corrected chi connectivity index (χ4v) is 2.53. The summed E-state index contributed by atoms with van der Waals surface area (Å²) in [6.07, 6.45) is 0. The molecule has 0 N–H and O–H groups in total. The van der Waals surface area contributed by atoms with Gasteiger partial charge in [-0.25, -0.2) is 4.98 Å². The van der Waals surface area contributed by atoms with Crippen molar-refractivity contribution in [2.24, 2.45) is 0 Å². The molecule has 3 rings (SSSR count). The van der Waals surface area contributed by atoms with Gasteiger partial charge in [-0.15, -0.1) is 0 Å². The summed E-state index contributed by atoms with van der Waals surface area (Å²) in [7, 11) is 1.59. The van der Waals surface area contributed by atoms with E-state index in [9.17, 15) is 4.79 Å². The number of rotatable bonds is 2. The molecule has 2 aromatic rings. The van der Waals surface area contributed by atoms with Crippen LogP contribution in [0.2, 0.25) is 5.15 Å². The first-order valence-corrected chi connectivity index (χ1v) is 6.60. The number of methoxy groups -OCH3 is 1. The molecule has 0 fully saturated rings. The van der Waals surface area contributed by atoms with E-state index in [2.05, 4.69) is 4.98 Å². The minimum Gasteiger partial charge on any atom is -0.495 e. The van der Waals surface area contributed by atoms with Crippen molar-refractivity contribution in [3.05, 3.63) is 52.3 Å².